The summed E-state index contributed by atoms with van der Waals surface area (Å²) in [6, 6.07) is 0. The van der Waals surface area contributed by atoms with Crippen molar-refractivity contribution in [2.45, 2.75) is 53.2 Å². The fraction of sp³-hybridized carbons (Fsp3) is 0.714. The quantitative estimate of drug-likeness (QED) is 0.551. The van der Waals surface area contributed by atoms with Crippen molar-refractivity contribution in [2.24, 2.45) is 0 Å². The molecule has 114 valence electrons. The standard InChI is InChI=1S/C14H24IN3O2/c1-6-8-17(7-2)13-11(15)9-18(16-13)10-12(19)20-14(3,4)5/h9H,6-8,10H2,1-5H3. The third-order valence-electron chi connectivity index (χ3n) is 2.59. The van der Waals surface area contributed by atoms with E-state index in [1.807, 2.05) is 27.0 Å². The zero-order valence-electron chi connectivity index (χ0n) is 12.9. The minimum atomic E-state index is -0.460. The van der Waals surface area contributed by atoms with Gasteiger partial charge in [-0.15, -0.1) is 0 Å². The Kier molecular flexibility index (Phi) is 6.29. The highest BCUT2D eigenvalue weighted by molar-refractivity contribution is 14.1. The number of ether oxygens (including phenoxy) is 1. The summed E-state index contributed by atoms with van der Waals surface area (Å²) in [4.78, 5) is 14.0. The Balaban J connectivity index is 2.77. The van der Waals surface area contributed by atoms with Crippen LogP contribution in [0.1, 0.15) is 41.0 Å². The Morgan fingerprint density at radius 3 is 2.60 bits per heavy atom. The van der Waals surface area contributed by atoms with Crippen LogP contribution < -0.4 is 4.90 Å². The molecule has 0 aliphatic heterocycles. The van der Waals surface area contributed by atoms with Crippen molar-refractivity contribution >= 4 is 34.4 Å². The maximum Gasteiger partial charge on any atom is 0.328 e. The number of carbonyl (C=O) groups excluding carboxylic acids is 1. The molecule has 20 heavy (non-hydrogen) atoms. The lowest BCUT2D eigenvalue weighted by atomic mass is 10.2. The molecule has 0 aliphatic carbocycles. The minimum absolute atomic E-state index is 0.150. The number of esters is 1. The van der Waals surface area contributed by atoms with Gasteiger partial charge in [-0.05, 0) is 56.7 Å². The number of hydrogen-bond acceptors (Lipinski definition) is 4. The van der Waals surface area contributed by atoms with Crippen molar-refractivity contribution in [1.29, 1.82) is 0 Å². The van der Waals surface area contributed by atoms with Crippen LogP contribution in [-0.4, -0.2) is 34.4 Å². The topological polar surface area (TPSA) is 47.4 Å². The Labute approximate surface area is 134 Å². The van der Waals surface area contributed by atoms with Crippen molar-refractivity contribution in [1.82, 2.24) is 9.78 Å². The first-order chi connectivity index (χ1) is 9.26. The summed E-state index contributed by atoms with van der Waals surface area (Å²) >= 11 is 2.26. The molecular weight excluding hydrogens is 369 g/mol. The van der Waals surface area contributed by atoms with E-state index in [9.17, 15) is 4.79 Å². The molecule has 0 unspecified atom stereocenters. The summed E-state index contributed by atoms with van der Waals surface area (Å²) in [6.07, 6.45) is 2.96. The second-order valence-electron chi connectivity index (χ2n) is 5.66. The molecule has 1 rings (SSSR count). The first kappa shape index (κ1) is 17.3. The molecule has 0 radical (unpaired) electrons. The molecule has 0 bridgehead atoms. The van der Waals surface area contributed by atoms with E-state index >= 15 is 0 Å². The summed E-state index contributed by atoms with van der Waals surface area (Å²) in [5.74, 6) is 0.681. The fourth-order valence-corrected chi connectivity index (χ4v) is 2.64. The second kappa shape index (κ2) is 7.28. The number of carbonyl (C=O) groups is 1. The molecule has 0 saturated carbocycles. The van der Waals surface area contributed by atoms with Gasteiger partial charge in [-0.25, -0.2) is 0 Å². The summed E-state index contributed by atoms with van der Waals surface area (Å²) in [5.41, 5.74) is -0.460. The molecule has 1 aromatic rings. The number of nitrogens with zero attached hydrogens (tertiary/aromatic N) is 3. The van der Waals surface area contributed by atoms with Crippen molar-refractivity contribution in [3.63, 3.8) is 0 Å². The van der Waals surface area contributed by atoms with Gasteiger partial charge < -0.3 is 9.64 Å². The Morgan fingerprint density at radius 2 is 2.10 bits per heavy atom. The van der Waals surface area contributed by atoms with Gasteiger partial charge in [0.05, 0.1) is 3.57 Å². The number of anilines is 1. The van der Waals surface area contributed by atoms with Gasteiger partial charge in [-0.2, -0.15) is 5.10 Å². The van der Waals surface area contributed by atoms with Crippen LogP contribution in [-0.2, 0) is 16.1 Å². The molecule has 0 fully saturated rings. The third-order valence-corrected chi connectivity index (χ3v) is 3.35. The van der Waals surface area contributed by atoms with E-state index in [1.165, 1.54) is 0 Å². The van der Waals surface area contributed by atoms with E-state index in [2.05, 4.69) is 46.4 Å². The number of hydrogen-bond donors (Lipinski definition) is 0. The maximum atomic E-state index is 11.8. The van der Waals surface area contributed by atoms with Gasteiger partial charge >= 0.3 is 5.97 Å². The van der Waals surface area contributed by atoms with Gasteiger partial charge in [0.25, 0.3) is 0 Å². The van der Waals surface area contributed by atoms with E-state index in [4.69, 9.17) is 4.74 Å². The van der Waals surface area contributed by atoms with Crippen LogP contribution in [0.15, 0.2) is 6.20 Å². The third kappa shape index (κ3) is 5.30. The predicted octanol–water partition coefficient (Wildman–Crippen LogP) is 3.07. The number of halogens is 1. The lowest BCUT2D eigenvalue weighted by Crippen LogP contribution is -2.27. The average Bonchev–Trinajstić information content (AvgIpc) is 2.64. The van der Waals surface area contributed by atoms with E-state index in [1.54, 1.807) is 4.68 Å². The highest BCUT2D eigenvalue weighted by Crippen LogP contribution is 2.20. The van der Waals surface area contributed by atoms with Crippen molar-refractivity contribution < 1.29 is 9.53 Å². The summed E-state index contributed by atoms with van der Waals surface area (Å²) in [5, 5.41) is 4.50. The molecule has 1 heterocycles. The van der Waals surface area contributed by atoms with E-state index in [-0.39, 0.29) is 12.5 Å². The maximum absolute atomic E-state index is 11.8. The smallest absolute Gasteiger partial charge is 0.328 e. The SMILES string of the molecule is CCCN(CC)c1nn(CC(=O)OC(C)(C)C)cc1I. The van der Waals surface area contributed by atoms with Crippen molar-refractivity contribution in [3.05, 3.63) is 9.77 Å². The molecule has 0 atom stereocenters. The molecule has 0 N–H and O–H groups in total. The summed E-state index contributed by atoms with van der Waals surface area (Å²) in [6.45, 7) is 11.9. The van der Waals surface area contributed by atoms with Crippen LogP contribution in [0.3, 0.4) is 0 Å². The highest BCUT2D eigenvalue weighted by Gasteiger charge is 2.18. The molecule has 0 amide bonds. The first-order valence-corrected chi connectivity index (χ1v) is 8.04. The van der Waals surface area contributed by atoms with E-state index in [0.29, 0.717) is 0 Å². The molecule has 0 spiro atoms. The number of rotatable bonds is 6. The van der Waals surface area contributed by atoms with Gasteiger partial charge in [0.15, 0.2) is 5.82 Å². The molecule has 5 nitrogen and oxygen atoms in total. The normalized spacial score (nSPS) is 11.5. The van der Waals surface area contributed by atoms with Crippen molar-refractivity contribution in [3.8, 4) is 0 Å². The second-order valence-corrected chi connectivity index (χ2v) is 6.83. The molecular formula is C14H24IN3O2. The van der Waals surface area contributed by atoms with Crippen LogP contribution in [0.25, 0.3) is 0 Å². The Hall–Kier alpha value is -0.790. The molecule has 0 aliphatic rings. The molecule has 1 aromatic heterocycles. The monoisotopic (exact) mass is 393 g/mol. The largest absolute Gasteiger partial charge is 0.459 e. The minimum Gasteiger partial charge on any atom is -0.459 e. The summed E-state index contributed by atoms with van der Waals surface area (Å²) < 4.78 is 8.02. The average molecular weight is 393 g/mol. The highest BCUT2D eigenvalue weighted by atomic mass is 127. The van der Waals surface area contributed by atoms with Gasteiger partial charge in [-0.3, -0.25) is 9.48 Å². The van der Waals surface area contributed by atoms with Crippen molar-refractivity contribution in [2.75, 3.05) is 18.0 Å². The van der Waals surface area contributed by atoms with E-state index < -0.39 is 5.60 Å². The fourth-order valence-electron chi connectivity index (χ4n) is 1.87. The number of aromatic nitrogens is 2. The van der Waals surface area contributed by atoms with Gasteiger partial charge in [0.2, 0.25) is 0 Å². The molecule has 6 heteroatoms. The first-order valence-electron chi connectivity index (χ1n) is 6.96. The predicted molar refractivity (Wildman–Crippen MR) is 89.0 cm³/mol. The van der Waals surface area contributed by atoms with Gasteiger partial charge in [-0.1, -0.05) is 6.92 Å². The zero-order chi connectivity index (χ0) is 15.3. The molecule has 0 saturated heterocycles. The lowest BCUT2D eigenvalue weighted by molar-refractivity contribution is -0.155. The lowest BCUT2D eigenvalue weighted by Gasteiger charge is -2.20. The van der Waals surface area contributed by atoms with Crippen LogP contribution in [0.4, 0.5) is 5.82 Å². The Morgan fingerprint density at radius 1 is 1.45 bits per heavy atom. The zero-order valence-corrected chi connectivity index (χ0v) is 15.1. The van der Waals surface area contributed by atoms with Crippen LogP contribution in [0.5, 0.6) is 0 Å². The summed E-state index contributed by atoms with van der Waals surface area (Å²) in [7, 11) is 0. The van der Waals surface area contributed by atoms with Gasteiger partial charge in [0.1, 0.15) is 12.1 Å². The van der Waals surface area contributed by atoms with Crippen LogP contribution >= 0.6 is 22.6 Å². The van der Waals surface area contributed by atoms with Gasteiger partial charge in [0, 0.05) is 19.3 Å². The Bertz CT molecular complexity index is 452. The van der Waals surface area contributed by atoms with E-state index in [0.717, 1.165) is 28.9 Å². The molecule has 0 aromatic carbocycles. The van der Waals surface area contributed by atoms with Crippen LogP contribution in [0.2, 0.25) is 0 Å². The van der Waals surface area contributed by atoms with Crippen LogP contribution in [0, 0.1) is 3.57 Å².